The molecule has 0 heterocycles. The Labute approximate surface area is 97.4 Å². The summed E-state index contributed by atoms with van der Waals surface area (Å²) in [6, 6.07) is 2.86. The van der Waals surface area contributed by atoms with Crippen LogP contribution in [0.1, 0.15) is 20.8 Å². The largest absolute Gasteiger partial charge is 0.316 e. The molecule has 0 radical (unpaired) electrons. The van der Waals surface area contributed by atoms with Gasteiger partial charge in [0, 0.05) is 21.2 Å². The van der Waals surface area contributed by atoms with E-state index in [0.29, 0.717) is 0 Å². The van der Waals surface area contributed by atoms with Crippen LogP contribution in [0.25, 0.3) is 0 Å². The first kappa shape index (κ1) is 15.1. The van der Waals surface area contributed by atoms with Crippen molar-refractivity contribution in [2.45, 2.75) is 46.0 Å². The van der Waals surface area contributed by atoms with Gasteiger partial charge in [0.2, 0.25) is 0 Å². The second kappa shape index (κ2) is 8.31. The Balaban J connectivity index is 3.69. The maximum Gasteiger partial charge on any atom is 0.0483 e. The van der Waals surface area contributed by atoms with Crippen molar-refractivity contribution in [2.24, 2.45) is 0 Å². The SMILES string of the molecule is CCNCCN(CC)CC[Si](C)(C)CC. The molecule has 0 rings (SSSR count). The summed E-state index contributed by atoms with van der Waals surface area (Å²) in [4.78, 5) is 2.58. The van der Waals surface area contributed by atoms with E-state index in [1.165, 1.54) is 31.7 Å². The molecule has 0 aliphatic rings. The highest BCUT2D eigenvalue weighted by Gasteiger charge is 2.18. The molecule has 0 aliphatic heterocycles. The van der Waals surface area contributed by atoms with Gasteiger partial charge >= 0.3 is 0 Å². The van der Waals surface area contributed by atoms with Crippen LogP contribution in [0.3, 0.4) is 0 Å². The number of likely N-dealkylation sites (N-methyl/N-ethyl adjacent to an activating group) is 2. The average molecular weight is 230 g/mol. The summed E-state index contributed by atoms with van der Waals surface area (Å²) in [6.45, 7) is 17.7. The fraction of sp³-hybridized carbons (Fsp3) is 1.00. The molecule has 0 aromatic heterocycles. The molecule has 0 aliphatic carbocycles. The summed E-state index contributed by atoms with van der Waals surface area (Å²) in [5.74, 6) is 0. The summed E-state index contributed by atoms with van der Waals surface area (Å²) in [5, 5.41) is 3.39. The molecule has 0 amide bonds. The van der Waals surface area contributed by atoms with E-state index in [1.807, 2.05) is 0 Å². The van der Waals surface area contributed by atoms with E-state index in [-0.39, 0.29) is 0 Å². The van der Waals surface area contributed by atoms with E-state index in [1.54, 1.807) is 0 Å². The molecule has 1 N–H and O–H groups in total. The average Bonchev–Trinajstić information content (AvgIpc) is 2.23. The van der Waals surface area contributed by atoms with E-state index in [0.717, 1.165) is 13.1 Å². The summed E-state index contributed by atoms with van der Waals surface area (Å²) in [6.07, 6.45) is 0. The van der Waals surface area contributed by atoms with Gasteiger partial charge in [-0.3, -0.25) is 0 Å². The molecule has 0 unspecified atom stereocenters. The Hall–Kier alpha value is 0.137. The molecule has 15 heavy (non-hydrogen) atoms. The topological polar surface area (TPSA) is 15.3 Å². The maximum absolute atomic E-state index is 3.39. The van der Waals surface area contributed by atoms with Crippen molar-refractivity contribution in [3.63, 3.8) is 0 Å². The minimum absolute atomic E-state index is 0.866. The minimum Gasteiger partial charge on any atom is -0.316 e. The van der Waals surface area contributed by atoms with Crippen LogP contribution >= 0.6 is 0 Å². The third kappa shape index (κ3) is 8.00. The molecule has 0 atom stereocenters. The lowest BCUT2D eigenvalue weighted by Gasteiger charge is -2.26. The molecule has 0 aromatic carbocycles. The molecule has 0 saturated heterocycles. The van der Waals surface area contributed by atoms with E-state index in [4.69, 9.17) is 0 Å². The van der Waals surface area contributed by atoms with Crippen LogP contribution in [0.4, 0.5) is 0 Å². The Morgan fingerprint density at radius 1 is 1.07 bits per heavy atom. The standard InChI is InChI=1S/C12H30N2Si/c1-6-13-9-10-14(7-2)11-12-15(4,5)8-3/h13H,6-12H2,1-5H3. The van der Waals surface area contributed by atoms with E-state index >= 15 is 0 Å². The molecule has 0 fully saturated rings. The number of hydrogen-bond acceptors (Lipinski definition) is 2. The third-order valence-electron chi connectivity index (χ3n) is 3.36. The van der Waals surface area contributed by atoms with E-state index in [2.05, 4.69) is 44.1 Å². The molecule has 0 bridgehead atoms. The van der Waals surface area contributed by atoms with Crippen LogP contribution in [0.15, 0.2) is 0 Å². The summed E-state index contributed by atoms with van der Waals surface area (Å²) < 4.78 is 0. The van der Waals surface area contributed by atoms with Gasteiger partial charge in [0.05, 0.1) is 0 Å². The molecule has 0 saturated carbocycles. The van der Waals surface area contributed by atoms with Crippen molar-refractivity contribution in [3.8, 4) is 0 Å². The highest BCUT2D eigenvalue weighted by Crippen LogP contribution is 2.14. The zero-order valence-corrected chi connectivity index (χ0v) is 12.4. The van der Waals surface area contributed by atoms with Gasteiger partial charge in [0.25, 0.3) is 0 Å². The van der Waals surface area contributed by atoms with Gasteiger partial charge in [-0.15, -0.1) is 0 Å². The molecular weight excluding hydrogens is 200 g/mol. The lowest BCUT2D eigenvalue weighted by atomic mass is 10.4. The zero-order chi connectivity index (χ0) is 11.7. The number of nitrogens with one attached hydrogen (secondary N) is 1. The summed E-state index contributed by atoms with van der Waals surface area (Å²) >= 11 is 0. The summed E-state index contributed by atoms with van der Waals surface area (Å²) in [5.41, 5.74) is 0. The van der Waals surface area contributed by atoms with Crippen molar-refractivity contribution in [1.82, 2.24) is 10.2 Å². The second-order valence-corrected chi connectivity index (χ2v) is 10.6. The Morgan fingerprint density at radius 3 is 2.20 bits per heavy atom. The van der Waals surface area contributed by atoms with E-state index in [9.17, 15) is 0 Å². The fourth-order valence-corrected chi connectivity index (χ4v) is 2.75. The predicted octanol–water partition coefficient (Wildman–Crippen LogP) is 2.65. The quantitative estimate of drug-likeness (QED) is 0.484. The number of hydrogen-bond donors (Lipinski definition) is 1. The Bertz CT molecular complexity index is 149. The van der Waals surface area contributed by atoms with Crippen LogP contribution in [0.5, 0.6) is 0 Å². The Kier molecular flexibility index (Phi) is 8.38. The minimum atomic E-state index is -0.866. The number of nitrogens with zero attached hydrogens (tertiary/aromatic N) is 1. The first-order chi connectivity index (χ1) is 7.05. The van der Waals surface area contributed by atoms with Gasteiger partial charge < -0.3 is 10.2 Å². The van der Waals surface area contributed by atoms with Crippen LogP contribution < -0.4 is 5.32 Å². The molecule has 92 valence electrons. The zero-order valence-electron chi connectivity index (χ0n) is 11.4. The van der Waals surface area contributed by atoms with Gasteiger partial charge in [0.15, 0.2) is 0 Å². The van der Waals surface area contributed by atoms with Crippen molar-refractivity contribution in [2.75, 3.05) is 32.7 Å². The highest BCUT2D eigenvalue weighted by atomic mass is 28.3. The maximum atomic E-state index is 3.39. The van der Waals surface area contributed by atoms with Gasteiger partial charge in [0.1, 0.15) is 0 Å². The van der Waals surface area contributed by atoms with Crippen LogP contribution in [0.2, 0.25) is 25.2 Å². The molecular formula is C12H30N2Si. The molecule has 3 heteroatoms. The van der Waals surface area contributed by atoms with Crippen LogP contribution in [-0.2, 0) is 0 Å². The van der Waals surface area contributed by atoms with Crippen molar-refractivity contribution >= 4 is 8.07 Å². The Morgan fingerprint density at radius 2 is 1.73 bits per heavy atom. The van der Waals surface area contributed by atoms with Gasteiger partial charge in [-0.1, -0.05) is 39.9 Å². The first-order valence-electron chi connectivity index (χ1n) is 6.48. The van der Waals surface area contributed by atoms with Crippen molar-refractivity contribution < 1.29 is 0 Å². The monoisotopic (exact) mass is 230 g/mol. The first-order valence-corrected chi connectivity index (χ1v) is 9.90. The molecule has 0 spiro atoms. The van der Waals surface area contributed by atoms with Crippen molar-refractivity contribution in [1.29, 1.82) is 0 Å². The summed E-state index contributed by atoms with van der Waals surface area (Å²) in [7, 11) is -0.866. The van der Waals surface area contributed by atoms with Crippen LogP contribution in [0, 0.1) is 0 Å². The number of rotatable bonds is 9. The normalized spacial score (nSPS) is 12.4. The highest BCUT2D eigenvalue weighted by molar-refractivity contribution is 6.77. The van der Waals surface area contributed by atoms with Crippen LogP contribution in [-0.4, -0.2) is 45.7 Å². The second-order valence-electron chi connectivity index (χ2n) is 5.06. The molecule has 0 aromatic rings. The predicted molar refractivity (Wildman–Crippen MR) is 73.4 cm³/mol. The van der Waals surface area contributed by atoms with Crippen molar-refractivity contribution in [3.05, 3.63) is 0 Å². The smallest absolute Gasteiger partial charge is 0.0483 e. The third-order valence-corrected chi connectivity index (χ3v) is 6.86. The van der Waals surface area contributed by atoms with Gasteiger partial charge in [-0.05, 0) is 25.7 Å². The lowest BCUT2D eigenvalue weighted by molar-refractivity contribution is 0.302. The van der Waals surface area contributed by atoms with Gasteiger partial charge in [-0.2, -0.15) is 0 Å². The fourth-order valence-electron chi connectivity index (χ4n) is 1.48. The van der Waals surface area contributed by atoms with Gasteiger partial charge in [-0.25, -0.2) is 0 Å². The molecule has 2 nitrogen and oxygen atoms in total. The lowest BCUT2D eigenvalue weighted by Crippen LogP contribution is -2.36. The van der Waals surface area contributed by atoms with E-state index < -0.39 is 8.07 Å².